The summed E-state index contributed by atoms with van der Waals surface area (Å²) < 4.78 is 17.5. The monoisotopic (exact) mass is 537 g/mol. The standard InChI is InChI=1S/C29H39N5O5/c1-6-37-26-21(8-7-12-30-26)22-9-10-23(24(32-22)25(35)31-19-11-13-33(5)16-19)38-20-14-29(15-20)17-34(18-29)27(36)39-28(2,3)4/h7-10,12,19-20H,6,11,13-18H2,1-5H3,(H,31,35)/t19-/m1/s1. The lowest BCUT2D eigenvalue weighted by Gasteiger charge is -2.58. The summed E-state index contributed by atoms with van der Waals surface area (Å²) in [7, 11) is 2.05. The minimum absolute atomic E-state index is 0.0417. The fraction of sp³-hybridized carbons (Fsp3) is 0.586. The number of likely N-dealkylation sites (tertiary alicyclic amines) is 2. The Morgan fingerprint density at radius 3 is 2.62 bits per heavy atom. The zero-order valence-electron chi connectivity index (χ0n) is 23.5. The molecule has 39 heavy (non-hydrogen) atoms. The summed E-state index contributed by atoms with van der Waals surface area (Å²) in [5.74, 6) is 0.695. The van der Waals surface area contributed by atoms with Crippen LogP contribution in [-0.4, -0.2) is 89.3 Å². The van der Waals surface area contributed by atoms with Crippen molar-refractivity contribution in [1.82, 2.24) is 25.1 Å². The van der Waals surface area contributed by atoms with E-state index >= 15 is 0 Å². The number of aromatic nitrogens is 2. The molecule has 0 radical (unpaired) electrons. The van der Waals surface area contributed by atoms with E-state index in [1.54, 1.807) is 11.1 Å². The van der Waals surface area contributed by atoms with Gasteiger partial charge >= 0.3 is 6.09 Å². The minimum Gasteiger partial charge on any atom is -0.488 e. The Kier molecular flexibility index (Phi) is 7.41. The van der Waals surface area contributed by atoms with Crippen LogP contribution in [0.4, 0.5) is 4.79 Å². The highest BCUT2D eigenvalue weighted by atomic mass is 16.6. The van der Waals surface area contributed by atoms with Gasteiger partial charge in [0.25, 0.3) is 5.91 Å². The third-order valence-corrected chi connectivity index (χ3v) is 7.45. The summed E-state index contributed by atoms with van der Waals surface area (Å²) in [6.45, 7) is 11.1. The number of ether oxygens (including phenoxy) is 3. The zero-order valence-corrected chi connectivity index (χ0v) is 23.5. The summed E-state index contributed by atoms with van der Waals surface area (Å²) in [6, 6.07) is 7.44. The number of rotatable bonds is 7. The predicted molar refractivity (Wildman–Crippen MR) is 146 cm³/mol. The summed E-state index contributed by atoms with van der Waals surface area (Å²) in [5.41, 5.74) is 1.14. The van der Waals surface area contributed by atoms with Crippen LogP contribution < -0.4 is 14.8 Å². The Labute approximate surface area is 230 Å². The quantitative estimate of drug-likeness (QED) is 0.569. The maximum atomic E-state index is 13.5. The van der Waals surface area contributed by atoms with Crippen molar-refractivity contribution in [2.45, 2.75) is 64.7 Å². The third kappa shape index (κ3) is 6.11. The number of carbonyl (C=O) groups is 2. The molecule has 5 rings (SSSR count). The molecule has 1 aliphatic carbocycles. The fourth-order valence-corrected chi connectivity index (χ4v) is 5.64. The molecule has 2 amide bonds. The molecule has 3 fully saturated rings. The van der Waals surface area contributed by atoms with E-state index in [2.05, 4.69) is 15.2 Å². The number of amides is 2. The van der Waals surface area contributed by atoms with Crippen molar-refractivity contribution in [3.8, 4) is 22.9 Å². The van der Waals surface area contributed by atoms with Crippen molar-refractivity contribution in [3.63, 3.8) is 0 Å². The molecule has 1 N–H and O–H groups in total. The molecule has 1 spiro atoms. The molecule has 3 aliphatic rings. The predicted octanol–water partition coefficient (Wildman–Crippen LogP) is 3.75. The van der Waals surface area contributed by atoms with Crippen molar-refractivity contribution >= 4 is 12.0 Å². The smallest absolute Gasteiger partial charge is 0.410 e. The Morgan fingerprint density at radius 1 is 1.18 bits per heavy atom. The van der Waals surface area contributed by atoms with Crippen LogP contribution in [0.25, 0.3) is 11.3 Å². The Bertz CT molecular complexity index is 1210. The van der Waals surface area contributed by atoms with Crippen LogP contribution in [0.1, 0.15) is 57.4 Å². The van der Waals surface area contributed by atoms with Gasteiger partial charge in [-0.05, 0) is 84.8 Å². The van der Waals surface area contributed by atoms with Gasteiger partial charge in [0.05, 0.1) is 17.9 Å². The van der Waals surface area contributed by atoms with Crippen LogP contribution in [-0.2, 0) is 4.74 Å². The first-order valence-electron chi connectivity index (χ1n) is 13.8. The number of hydrogen-bond donors (Lipinski definition) is 1. The lowest BCUT2D eigenvalue weighted by molar-refractivity contribution is -0.116. The van der Waals surface area contributed by atoms with Crippen LogP contribution in [0.5, 0.6) is 11.6 Å². The van der Waals surface area contributed by atoms with Crippen LogP contribution in [0.2, 0.25) is 0 Å². The van der Waals surface area contributed by atoms with Gasteiger partial charge in [-0.25, -0.2) is 14.8 Å². The average Bonchev–Trinajstić information content (AvgIpc) is 3.23. The first-order chi connectivity index (χ1) is 18.5. The summed E-state index contributed by atoms with van der Waals surface area (Å²) in [6.07, 6.45) is 3.90. The topological polar surface area (TPSA) is 106 Å². The molecular formula is C29H39N5O5. The van der Waals surface area contributed by atoms with E-state index in [0.29, 0.717) is 37.0 Å². The minimum atomic E-state index is -0.506. The van der Waals surface area contributed by atoms with E-state index in [9.17, 15) is 9.59 Å². The molecule has 4 heterocycles. The lowest BCUT2D eigenvalue weighted by atomic mass is 9.62. The van der Waals surface area contributed by atoms with Crippen LogP contribution in [0.3, 0.4) is 0 Å². The van der Waals surface area contributed by atoms with Crippen LogP contribution in [0.15, 0.2) is 30.5 Å². The molecule has 2 aliphatic heterocycles. The van der Waals surface area contributed by atoms with E-state index in [-0.39, 0.29) is 35.3 Å². The van der Waals surface area contributed by atoms with Crippen LogP contribution >= 0.6 is 0 Å². The highest BCUT2D eigenvalue weighted by Gasteiger charge is 2.55. The summed E-state index contributed by atoms with van der Waals surface area (Å²) in [5, 5.41) is 3.14. The largest absolute Gasteiger partial charge is 0.488 e. The number of nitrogens with one attached hydrogen (secondary N) is 1. The SMILES string of the molecule is CCOc1ncccc1-c1ccc(OC2CC3(C2)CN(C(=O)OC(C)(C)C)C3)c(C(=O)N[C@@H]2CCN(C)C2)n1. The maximum absolute atomic E-state index is 13.5. The molecule has 0 aromatic carbocycles. The Hall–Kier alpha value is -3.40. The molecule has 2 aromatic heterocycles. The number of pyridine rings is 2. The molecular weight excluding hydrogens is 498 g/mol. The number of hydrogen-bond acceptors (Lipinski definition) is 8. The van der Waals surface area contributed by atoms with E-state index < -0.39 is 5.60 Å². The molecule has 2 aromatic rings. The first-order valence-corrected chi connectivity index (χ1v) is 13.8. The van der Waals surface area contributed by atoms with Gasteiger partial charge in [-0.3, -0.25) is 4.79 Å². The van der Waals surface area contributed by atoms with E-state index in [1.807, 2.05) is 59.0 Å². The molecule has 10 heteroatoms. The molecule has 1 saturated carbocycles. The second-order valence-corrected chi connectivity index (χ2v) is 12.0. The lowest BCUT2D eigenvalue weighted by Crippen LogP contribution is -2.66. The van der Waals surface area contributed by atoms with Gasteiger partial charge in [0.15, 0.2) is 11.4 Å². The highest BCUT2D eigenvalue weighted by molar-refractivity contribution is 5.96. The first kappa shape index (κ1) is 27.2. The van der Waals surface area contributed by atoms with Crippen molar-refractivity contribution in [3.05, 3.63) is 36.2 Å². The van der Waals surface area contributed by atoms with Gasteiger partial charge < -0.3 is 29.3 Å². The average molecular weight is 538 g/mol. The van der Waals surface area contributed by atoms with Gasteiger partial charge in [-0.1, -0.05) is 0 Å². The van der Waals surface area contributed by atoms with Crippen molar-refractivity contribution in [2.24, 2.45) is 5.41 Å². The van der Waals surface area contributed by atoms with Gasteiger partial charge in [-0.15, -0.1) is 0 Å². The third-order valence-electron chi connectivity index (χ3n) is 7.45. The maximum Gasteiger partial charge on any atom is 0.410 e. The second kappa shape index (κ2) is 10.6. The van der Waals surface area contributed by atoms with Gasteiger partial charge in [-0.2, -0.15) is 0 Å². The summed E-state index contributed by atoms with van der Waals surface area (Å²) in [4.78, 5) is 38.8. The van der Waals surface area contributed by atoms with E-state index in [0.717, 1.165) is 37.9 Å². The number of likely N-dealkylation sites (N-methyl/N-ethyl adjacent to an activating group) is 1. The second-order valence-electron chi connectivity index (χ2n) is 12.0. The van der Waals surface area contributed by atoms with Crippen molar-refractivity contribution < 1.29 is 23.8 Å². The molecule has 210 valence electrons. The molecule has 1 atom stereocenters. The highest BCUT2D eigenvalue weighted by Crippen LogP contribution is 2.50. The fourth-order valence-electron chi connectivity index (χ4n) is 5.64. The molecule has 2 saturated heterocycles. The normalized spacial score (nSPS) is 20.7. The molecule has 0 unspecified atom stereocenters. The van der Waals surface area contributed by atoms with E-state index in [1.165, 1.54) is 0 Å². The van der Waals surface area contributed by atoms with Crippen molar-refractivity contribution in [2.75, 3.05) is 39.8 Å². The van der Waals surface area contributed by atoms with Crippen molar-refractivity contribution in [1.29, 1.82) is 0 Å². The van der Waals surface area contributed by atoms with Gasteiger partial charge in [0.1, 0.15) is 11.7 Å². The van der Waals surface area contributed by atoms with Crippen LogP contribution in [0, 0.1) is 5.41 Å². The number of carbonyl (C=O) groups excluding carboxylic acids is 2. The molecule has 0 bridgehead atoms. The van der Waals surface area contributed by atoms with Gasteiger partial charge in [0, 0.05) is 37.3 Å². The van der Waals surface area contributed by atoms with Gasteiger partial charge in [0.2, 0.25) is 5.88 Å². The zero-order chi connectivity index (χ0) is 27.8. The van der Waals surface area contributed by atoms with E-state index in [4.69, 9.17) is 19.2 Å². The Morgan fingerprint density at radius 2 is 1.95 bits per heavy atom. The Balaban J connectivity index is 1.29. The summed E-state index contributed by atoms with van der Waals surface area (Å²) >= 11 is 0. The number of nitrogens with zero attached hydrogens (tertiary/aromatic N) is 4. The molecule has 10 nitrogen and oxygen atoms in total.